The minimum atomic E-state index is -0.593. The first kappa shape index (κ1) is 22.0. The molecule has 0 radical (unpaired) electrons. The minimum absolute atomic E-state index is 0.131. The number of amides is 1. The lowest BCUT2D eigenvalue weighted by Gasteiger charge is -2.24. The van der Waals surface area contributed by atoms with Crippen LogP contribution in [0.15, 0.2) is 24.4 Å². The van der Waals surface area contributed by atoms with Crippen molar-refractivity contribution in [2.75, 3.05) is 7.11 Å². The number of methoxy groups -OCH3 is 1. The van der Waals surface area contributed by atoms with Crippen LogP contribution in [0.5, 0.6) is 5.75 Å². The van der Waals surface area contributed by atoms with E-state index < -0.39 is 17.7 Å². The maximum atomic E-state index is 12.2. The van der Waals surface area contributed by atoms with Gasteiger partial charge in [-0.1, -0.05) is 17.7 Å². The van der Waals surface area contributed by atoms with E-state index in [-0.39, 0.29) is 6.61 Å². The van der Waals surface area contributed by atoms with Crippen molar-refractivity contribution in [2.24, 2.45) is 0 Å². The second-order valence-corrected chi connectivity index (χ2v) is 7.95. The van der Waals surface area contributed by atoms with E-state index in [1.165, 1.54) is 0 Å². The van der Waals surface area contributed by atoms with Crippen LogP contribution in [0.25, 0.3) is 11.1 Å². The van der Waals surface area contributed by atoms with Crippen molar-refractivity contribution in [2.45, 2.75) is 52.9 Å². The van der Waals surface area contributed by atoms with Gasteiger partial charge in [-0.2, -0.15) is 0 Å². The van der Waals surface area contributed by atoms with Gasteiger partial charge in [0.2, 0.25) is 0 Å². The third-order valence-corrected chi connectivity index (χ3v) is 4.58. The highest BCUT2D eigenvalue weighted by atomic mass is 35.5. The molecule has 2 rings (SSSR count). The largest absolute Gasteiger partial charge is 0.496 e. The van der Waals surface area contributed by atoms with E-state index in [1.807, 2.05) is 40.7 Å². The molecule has 152 valence electrons. The number of rotatable bonds is 5. The molecule has 0 aliphatic heterocycles. The van der Waals surface area contributed by atoms with Crippen molar-refractivity contribution >= 4 is 17.7 Å². The number of hydrogen-bond donors (Lipinski definition) is 2. The molecule has 0 spiro atoms. The molecule has 6 nitrogen and oxygen atoms in total. The Hall–Kier alpha value is -2.31. The van der Waals surface area contributed by atoms with Gasteiger partial charge in [-0.05, 0) is 52.3 Å². The molecule has 0 aliphatic carbocycles. The van der Waals surface area contributed by atoms with Crippen LogP contribution in [0.1, 0.15) is 50.6 Å². The number of ether oxygens (including phenoxy) is 2. The van der Waals surface area contributed by atoms with Crippen LogP contribution in [0.2, 0.25) is 5.02 Å². The Morgan fingerprint density at radius 3 is 2.54 bits per heavy atom. The predicted octanol–water partition coefficient (Wildman–Crippen LogP) is 4.80. The van der Waals surface area contributed by atoms with Crippen LogP contribution in [0.3, 0.4) is 0 Å². The summed E-state index contributed by atoms with van der Waals surface area (Å²) < 4.78 is 11.0. The molecule has 7 heteroatoms. The van der Waals surface area contributed by atoms with Crippen LogP contribution in [-0.2, 0) is 11.3 Å². The quantitative estimate of drug-likeness (QED) is 0.745. The molecule has 0 saturated heterocycles. The van der Waals surface area contributed by atoms with Crippen LogP contribution in [0, 0.1) is 6.92 Å². The Kier molecular flexibility index (Phi) is 6.91. The molecule has 0 saturated carbocycles. The molecular weight excluding hydrogens is 380 g/mol. The summed E-state index contributed by atoms with van der Waals surface area (Å²) in [6.45, 7) is 9.03. The Morgan fingerprint density at radius 2 is 2.04 bits per heavy atom. The molecule has 0 fully saturated rings. The van der Waals surface area contributed by atoms with Gasteiger partial charge >= 0.3 is 6.09 Å². The van der Waals surface area contributed by atoms with Crippen molar-refractivity contribution in [1.82, 2.24) is 10.3 Å². The van der Waals surface area contributed by atoms with E-state index in [4.69, 9.17) is 21.1 Å². The van der Waals surface area contributed by atoms with Crippen LogP contribution in [-0.4, -0.2) is 28.9 Å². The highest BCUT2D eigenvalue weighted by Gasteiger charge is 2.24. The molecule has 2 N–H and O–H groups in total. The fourth-order valence-corrected chi connectivity index (χ4v) is 3.07. The van der Waals surface area contributed by atoms with Gasteiger partial charge in [0.05, 0.1) is 25.5 Å². The molecule has 1 aromatic carbocycles. The van der Waals surface area contributed by atoms with Gasteiger partial charge < -0.3 is 19.9 Å². The topological polar surface area (TPSA) is 80.7 Å². The summed E-state index contributed by atoms with van der Waals surface area (Å²) in [5.74, 6) is 0.601. The van der Waals surface area contributed by atoms with Gasteiger partial charge in [0, 0.05) is 27.9 Å². The highest BCUT2D eigenvalue weighted by Crippen LogP contribution is 2.42. The monoisotopic (exact) mass is 406 g/mol. The lowest BCUT2D eigenvalue weighted by molar-refractivity contribution is 0.0507. The SMILES string of the molecule is COc1c(C(C)NC(=O)OC(C)(C)C)cc(Cl)c(C)c1-c1ccc(CO)nc1. The molecule has 0 bridgehead atoms. The maximum absolute atomic E-state index is 12.2. The number of carbonyl (C=O) groups is 1. The smallest absolute Gasteiger partial charge is 0.408 e. The fraction of sp³-hybridized carbons (Fsp3) is 0.429. The van der Waals surface area contributed by atoms with E-state index in [0.717, 1.165) is 22.3 Å². The van der Waals surface area contributed by atoms with Gasteiger partial charge in [-0.25, -0.2) is 4.79 Å². The van der Waals surface area contributed by atoms with Crippen LogP contribution in [0.4, 0.5) is 4.79 Å². The molecule has 1 aromatic heterocycles. The number of pyridine rings is 1. The van der Waals surface area contributed by atoms with E-state index in [0.29, 0.717) is 16.5 Å². The van der Waals surface area contributed by atoms with Crippen molar-refractivity contribution in [3.05, 3.63) is 46.2 Å². The lowest BCUT2D eigenvalue weighted by atomic mass is 9.94. The molecule has 1 heterocycles. The number of alkyl carbamates (subject to hydrolysis) is 1. The van der Waals surface area contributed by atoms with Crippen molar-refractivity contribution < 1.29 is 19.4 Å². The third-order valence-electron chi connectivity index (χ3n) is 4.18. The van der Waals surface area contributed by atoms with Gasteiger partial charge in [0.25, 0.3) is 0 Å². The van der Waals surface area contributed by atoms with Crippen molar-refractivity contribution in [3.8, 4) is 16.9 Å². The number of aliphatic hydroxyl groups excluding tert-OH is 1. The summed E-state index contributed by atoms with van der Waals surface area (Å²) in [5.41, 5.74) is 3.14. The van der Waals surface area contributed by atoms with Crippen LogP contribution >= 0.6 is 11.6 Å². The maximum Gasteiger partial charge on any atom is 0.408 e. The molecule has 2 aromatic rings. The average Bonchev–Trinajstić information content (AvgIpc) is 2.61. The second-order valence-electron chi connectivity index (χ2n) is 7.55. The summed E-state index contributed by atoms with van der Waals surface area (Å²) >= 11 is 6.48. The summed E-state index contributed by atoms with van der Waals surface area (Å²) in [6.07, 6.45) is 1.15. The van der Waals surface area contributed by atoms with Crippen LogP contribution < -0.4 is 10.1 Å². The normalized spacial score (nSPS) is 12.4. The van der Waals surface area contributed by atoms with E-state index in [1.54, 1.807) is 25.4 Å². The number of benzene rings is 1. The van der Waals surface area contributed by atoms with E-state index in [9.17, 15) is 9.90 Å². The predicted molar refractivity (Wildman–Crippen MR) is 110 cm³/mol. The lowest BCUT2D eigenvalue weighted by Crippen LogP contribution is -2.34. The van der Waals surface area contributed by atoms with Crippen molar-refractivity contribution in [1.29, 1.82) is 0 Å². The second kappa shape index (κ2) is 8.80. The molecule has 1 amide bonds. The Labute approximate surface area is 170 Å². The Bertz CT molecular complexity index is 845. The zero-order valence-corrected chi connectivity index (χ0v) is 17.8. The highest BCUT2D eigenvalue weighted by molar-refractivity contribution is 6.32. The summed E-state index contributed by atoms with van der Waals surface area (Å²) in [4.78, 5) is 16.4. The standard InChI is InChI=1S/C21H27ClN2O4/c1-12-17(22)9-16(13(2)24-20(26)28-21(3,4)5)19(27-6)18(12)14-7-8-15(11-25)23-10-14/h7-10,13,25H,11H2,1-6H3,(H,24,26). The first-order valence-electron chi connectivity index (χ1n) is 9.00. The van der Waals surface area contributed by atoms with Crippen molar-refractivity contribution in [3.63, 3.8) is 0 Å². The molecular formula is C21H27ClN2O4. The van der Waals surface area contributed by atoms with Gasteiger partial charge in [0.1, 0.15) is 11.4 Å². The fourth-order valence-electron chi connectivity index (χ4n) is 2.86. The molecule has 1 unspecified atom stereocenters. The molecule has 28 heavy (non-hydrogen) atoms. The first-order chi connectivity index (χ1) is 13.1. The average molecular weight is 407 g/mol. The number of aromatic nitrogens is 1. The number of nitrogens with zero attached hydrogens (tertiary/aromatic N) is 1. The number of hydrogen-bond acceptors (Lipinski definition) is 5. The zero-order valence-electron chi connectivity index (χ0n) is 17.1. The van der Waals surface area contributed by atoms with E-state index >= 15 is 0 Å². The Balaban J connectivity index is 2.48. The summed E-state index contributed by atoms with van der Waals surface area (Å²) in [6, 6.07) is 5.00. The molecule has 1 atom stereocenters. The Morgan fingerprint density at radius 1 is 1.36 bits per heavy atom. The number of aliphatic hydroxyl groups is 1. The molecule has 0 aliphatic rings. The summed E-state index contributed by atoms with van der Waals surface area (Å²) in [5, 5.41) is 12.6. The first-order valence-corrected chi connectivity index (χ1v) is 9.37. The van der Waals surface area contributed by atoms with Gasteiger partial charge in [-0.15, -0.1) is 0 Å². The summed E-state index contributed by atoms with van der Waals surface area (Å²) in [7, 11) is 1.57. The van der Waals surface area contributed by atoms with Gasteiger partial charge in [-0.3, -0.25) is 4.98 Å². The zero-order chi connectivity index (χ0) is 21.1. The number of nitrogens with one attached hydrogen (secondary N) is 1. The number of halogens is 1. The van der Waals surface area contributed by atoms with E-state index in [2.05, 4.69) is 10.3 Å². The third kappa shape index (κ3) is 5.14. The van der Waals surface area contributed by atoms with Gasteiger partial charge in [0.15, 0.2) is 0 Å². The number of carbonyl (C=O) groups excluding carboxylic acids is 1. The minimum Gasteiger partial charge on any atom is -0.496 e.